The molecule has 0 spiro atoms. The molecule has 25 heavy (non-hydrogen) atoms. The van der Waals surface area contributed by atoms with Crippen LogP contribution in [-0.2, 0) is 16.1 Å². The van der Waals surface area contributed by atoms with Crippen molar-refractivity contribution in [3.05, 3.63) is 53.9 Å². The lowest BCUT2D eigenvalue weighted by Gasteiger charge is -2.21. The largest absolute Gasteiger partial charge is 0.484 e. The monoisotopic (exact) mass is 345 g/mol. The van der Waals surface area contributed by atoms with Gasteiger partial charge in [0, 0.05) is 37.2 Å². The summed E-state index contributed by atoms with van der Waals surface area (Å²) in [7, 11) is 0. The molecule has 1 saturated heterocycles. The van der Waals surface area contributed by atoms with Crippen LogP contribution >= 0.6 is 0 Å². The summed E-state index contributed by atoms with van der Waals surface area (Å²) < 4.78 is 23.9. The molecule has 0 radical (unpaired) electrons. The van der Waals surface area contributed by atoms with Crippen LogP contribution in [0.15, 0.2) is 36.7 Å². The molecule has 3 rings (SSSR count). The predicted octanol–water partition coefficient (Wildman–Crippen LogP) is 2.55. The minimum Gasteiger partial charge on any atom is -0.484 e. The SMILES string of the molecule is O=C(COc1cccc(F)c1)NCc1cnc([C@@H]2CCCCO2)nc1. The van der Waals surface area contributed by atoms with Crippen molar-refractivity contribution in [2.45, 2.75) is 31.9 Å². The summed E-state index contributed by atoms with van der Waals surface area (Å²) in [5.74, 6) is 0.292. The Morgan fingerprint density at radius 3 is 2.88 bits per heavy atom. The Labute approximate surface area is 145 Å². The first kappa shape index (κ1) is 17.3. The number of hydrogen-bond acceptors (Lipinski definition) is 5. The molecule has 1 aromatic carbocycles. The summed E-state index contributed by atoms with van der Waals surface area (Å²) in [6.07, 6.45) is 6.49. The highest BCUT2D eigenvalue weighted by Gasteiger charge is 2.18. The van der Waals surface area contributed by atoms with Gasteiger partial charge < -0.3 is 14.8 Å². The van der Waals surface area contributed by atoms with Gasteiger partial charge in [0.15, 0.2) is 12.4 Å². The molecule has 1 aliphatic rings. The summed E-state index contributed by atoms with van der Waals surface area (Å²) in [6.45, 7) is 0.868. The lowest BCUT2D eigenvalue weighted by molar-refractivity contribution is -0.123. The Morgan fingerprint density at radius 2 is 2.16 bits per heavy atom. The third-order valence-corrected chi connectivity index (χ3v) is 3.85. The highest BCUT2D eigenvalue weighted by Crippen LogP contribution is 2.24. The van der Waals surface area contributed by atoms with Gasteiger partial charge in [0.2, 0.25) is 0 Å². The second-order valence-corrected chi connectivity index (χ2v) is 5.83. The van der Waals surface area contributed by atoms with E-state index in [9.17, 15) is 9.18 Å². The summed E-state index contributed by atoms with van der Waals surface area (Å²) >= 11 is 0. The van der Waals surface area contributed by atoms with Crippen LogP contribution in [0.25, 0.3) is 0 Å². The van der Waals surface area contributed by atoms with Crippen LogP contribution in [0.4, 0.5) is 4.39 Å². The van der Waals surface area contributed by atoms with Crippen molar-refractivity contribution >= 4 is 5.91 Å². The van der Waals surface area contributed by atoms with Crippen molar-refractivity contribution in [2.75, 3.05) is 13.2 Å². The van der Waals surface area contributed by atoms with E-state index in [-0.39, 0.29) is 18.6 Å². The summed E-state index contributed by atoms with van der Waals surface area (Å²) in [5.41, 5.74) is 0.790. The number of amides is 1. The molecule has 132 valence electrons. The molecule has 1 N–H and O–H groups in total. The van der Waals surface area contributed by atoms with E-state index in [4.69, 9.17) is 9.47 Å². The van der Waals surface area contributed by atoms with Gasteiger partial charge in [-0.3, -0.25) is 4.79 Å². The standard InChI is InChI=1S/C18H20FN3O3/c19-14-4-3-5-15(8-14)25-12-17(23)20-9-13-10-21-18(22-11-13)16-6-1-2-7-24-16/h3-5,8,10-11,16H,1-2,6-7,9,12H2,(H,20,23)/t16-/m0/s1. The maximum Gasteiger partial charge on any atom is 0.258 e. The molecule has 1 atom stereocenters. The molecule has 0 unspecified atom stereocenters. The molecule has 0 aliphatic carbocycles. The second-order valence-electron chi connectivity index (χ2n) is 5.83. The van der Waals surface area contributed by atoms with E-state index >= 15 is 0 Å². The Kier molecular flexibility index (Phi) is 5.90. The molecular formula is C18H20FN3O3. The number of carbonyl (C=O) groups excluding carboxylic acids is 1. The van der Waals surface area contributed by atoms with Gasteiger partial charge in [0.05, 0.1) is 0 Å². The van der Waals surface area contributed by atoms with Gasteiger partial charge in [-0.25, -0.2) is 14.4 Å². The highest BCUT2D eigenvalue weighted by molar-refractivity contribution is 5.77. The van der Waals surface area contributed by atoms with Crippen molar-refractivity contribution in [1.29, 1.82) is 0 Å². The van der Waals surface area contributed by atoms with Gasteiger partial charge in [-0.15, -0.1) is 0 Å². The first-order chi connectivity index (χ1) is 12.2. The van der Waals surface area contributed by atoms with E-state index in [1.54, 1.807) is 18.5 Å². The van der Waals surface area contributed by atoms with E-state index in [2.05, 4.69) is 15.3 Å². The zero-order chi connectivity index (χ0) is 17.5. The molecular weight excluding hydrogens is 325 g/mol. The maximum atomic E-state index is 13.0. The fourth-order valence-electron chi connectivity index (χ4n) is 2.52. The summed E-state index contributed by atoms with van der Waals surface area (Å²) in [6, 6.07) is 5.66. The lowest BCUT2D eigenvalue weighted by Crippen LogP contribution is -2.28. The number of halogens is 1. The van der Waals surface area contributed by atoms with Crippen LogP contribution in [-0.4, -0.2) is 29.1 Å². The van der Waals surface area contributed by atoms with Crippen LogP contribution in [0, 0.1) is 5.82 Å². The second kappa shape index (κ2) is 8.53. The van der Waals surface area contributed by atoms with E-state index in [1.807, 2.05) is 0 Å². The number of nitrogens with zero attached hydrogens (tertiary/aromatic N) is 2. The molecule has 7 heteroatoms. The van der Waals surface area contributed by atoms with Crippen LogP contribution in [0.3, 0.4) is 0 Å². The summed E-state index contributed by atoms with van der Waals surface area (Å²) in [5, 5.41) is 2.71. The van der Waals surface area contributed by atoms with Gasteiger partial charge in [-0.2, -0.15) is 0 Å². The van der Waals surface area contributed by atoms with E-state index in [0.717, 1.165) is 31.4 Å². The summed E-state index contributed by atoms with van der Waals surface area (Å²) in [4.78, 5) is 20.4. The fraction of sp³-hybridized carbons (Fsp3) is 0.389. The molecule has 1 aliphatic heterocycles. The number of carbonyl (C=O) groups is 1. The minimum absolute atomic E-state index is 0.0305. The Hall–Kier alpha value is -2.54. The molecule has 0 saturated carbocycles. The third kappa shape index (κ3) is 5.22. The Morgan fingerprint density at radius 1 is 1.32 bits per heavy atom. The van der Waals surface area contributed by atoms with Crippen molar-refractivity contribution in [3.63, 3.8) is 0 Å². The average molecular weight is 345 g/mol. The van der Waals surface area contributed by atoms with Crippen molar-refractivity contribution in [3.8, 4) is 5.75 Å². The topological polar surface area (TPSA) is 73.3 Å². The van der Waals surface area contributed by atoms with Crippen LogP contribution in [0.5, 0.6) is 5.75 Å². The van der Waals surface area contributed by atoms with Gasteiger partial charge in [0.25, 0.3) is 5.91 Å². The van der Waals surface area contributed by atoms with Crippen molar-refractivity contribution < 1.29 is 18.7 Å². The average Bonchev–Trinajstić information content (AvgIpc) is 2.66. The number of hydrogen-bond donors (Lipinski definition) is 1. The molecule has 1 aromatic heterocycles. The van der Waals surface area contributed by atoms with Gasteiger partial charge >= 0.3 is 0 Å². The van der Waals surface area contributed by atoms with Crippen LogP contribution < -0.4 is 10.1 Å². The number of rotatable bonds is 6. The van der Waals surface area contributed by atoms with Gasteiger partial charge in [-0.05, 0) is 31.4 Å². The minimum atomic E-state index is -0.405. The smallest absolute Gasteiger partial charge is 0.258 e. The number of ether oxygens (including phenoxy) is 2. The van der Waals surface area contributed by atoms with E-state index < -0.39 is 5.82 Å². The van der Waals surface area contributed by atoms with Gasteiger partial charge in [0.1, 0.15) is 17.7 Å². The zero-order valence-electron chi connectivity index (χ0n) is 13.8. The number of nitrogens with one attached hydrogen (secondary N) is 1. The molecule has 2 aromatic rings. The third-order valence-electron chi connectivity index (χ3n) is 3.85. The maximum absolute atomic E-state index is 13.0. The molecule has 6 nitrogen and oxygen atoms in total. The normalized spacial score (nSPS) is 17.1. The van der Waals surface area contributed by atoms with E-state index in [0.29, 0.717) is 18.1 Å². The van der Waals surface area contributed by atoms with Crippen molar-refractivity contribution in [1.82, 2.24) is 15.3 Å². The van der Waals surface area contributed by atoms with Crippen molar-refractivity contribution in [2.24, 2.45) is 0 Å². The fourth-order valence-corrected chi connectivity index (χ4v) is 2.52. The molecule has 1 amide bonds. The predicted molar refractivity (Wildman–Crippen MR) is 88.3 cm³/mol. The number of benzene rings is 1. The Balaban J connectivity index is 1.43. The van der Waals surface area contributed by atoms with Crippen LogP contribution in [0.2, 0.25) is 0 Å². The van der Waals surface area contributed by atoms with Gasteiger partial charge in [-0.1, -0.05) is 6.07 Å². The molecule has 0 bridgehead atoms. The highest BCUT2D eigenvalue weighted by atomic mass is 19.1. The molecule has 2 heterocycles. The lowest BCUT2D eigenvalue weighted by atomic mass is 10.1. The van der Waals surface area contributed by atoms with E-state index in [1.165, 1.54) is 18.2 Å². The first-order valence-electron chi connectivity index (χ1n) is 8.28. The quantitative estimate of drug-likeness (QED) is 0.871. The Bertz CT molecular complexity index is 703. The first-order valence-corrected chi connectivity index (χ1v) is 8.28. The molecule has 1 fully saturated rings. The zero-order valence-corrected chi connectivity index (χ0v) is 13.8. The number of aromatic nitrogens is 2. The van der Waals surface area contributed by atoms with Crippen LogP contribution in [0.1, 0.15) is 36.8 Å².